The summed E-state index contributed by atoms with van der Waals surface area (Å²) >= 11 is 0. The highest BCUT2D eigenvalue weighted by molar-refractivity contribution is 5.14. The zero-order valence-electron chi connectivity index (χ0n) is 7.63. The molecule has 0 spiro atoms. The molecule has 1 atom stereocenters. The van der Waals surface area contributed by atoms with Crippen molar-refractivity contribution >= 4 is 0 Å². The summed E-state index contributed by atoms with van der Waals surface area (Å²) in [6, 6.07) is 2.30. The summed E-state index contributed by atoms with van der Waals surface area (Å²) < 4.78 is 5.26. The number of nitrogens with one attached hydrogen (secondary N) is 1. The maximum Gasteiger partial charge on any atom is 0.120 e. The van der Waals surface area contributed by atoms with E-state index in [0.29, 0.717) is 12.6 Å². The first-order valence-corrected chi connectivity index (χ1v) is 4.20. The maximum atomic E-state index is 5.46. The third-order valence-corrected chi connectivity index (χ3v) is 1.93. The molecule has 12 heavy (non-hydrogen) atoms. The van der Waals surface area contributed by atoms with Gasteiger partial charge in [-0.05, 0) is 25.5 Å². The van der Waals surface area contributed by atoms with Crippen LogP contribution in [0.25, 0.3) is 0 Å². The molecule has 0 fully saturated rings. The minimum absolute atomic E-state index is 0.342. The van der Waals surface area contributed by atoms with Crippen LogP contribution in [-0.4, -0.2) is 12.6 Å². The average molecular weight is 168 g/mol. The minimum atomic E-state index is 0.342. The molecule has 68 valence electrons. The highest BCUT2D eigenvalue weighted by atomic mass is 16.3. The molecule has 0 aromatic carbocycles. The molecule has 0 bridgehead atoms. The molecule has 1 heterocycles. The van der Waals surface area contributed by atoms with Gasteiger partial charge in [-0.25, -0.2) is 0 Å². The van der Waals surface area contributed by atoms with Crippen LogP contribution in [0.15, 0.2) is 16.7 Å². The highest BCUT2D eigenvalue weighted by Gasteiger charge is 2.02. The molecule has 0 aliphatic heterocycles. The fourth-order valence-electron chi connectivity index (χ4n) is 0.935. The third-order valence-electron chi connectivity index (χ3n) is 1.93. The van der Waals surface area contributed by atoms with E-state index >= 15 is 0 Å². The predicted octanol–water partition coefficient (Wildman–Crippen LogP) is 1.02. The standard InChI is InChI=1S/C9H16N2O/c1-7-3-4-12-9(7)6-11-8(2)5-10/h3-4,8,11H,5-6,10H2,1-2H3. The number of nitrogens with two attached hydrogens (primary N) is 1. The molecule has 1 rings (SSSR count). The lowest BCUT2D eigenvalue weighted by Crippen LogP contribution is -2.32. The summed E-state index contributed by atoms with van der Waals surface area (Å²) in [6.07, 6.45) is 1.71. The summed E-state index contributed by atoms with van der Waals surface area (Å²) in [5, 5.41) is 3.26. The lowest BCUT2D eigenvalue weighted by atomic mass is 10.2. The second-order valence-corrected chi connectivity index (χ2v) is 3.04. The Labute approximate surface area is 72.9 Å². The van der Waals surface area contributed by atoms with Crippen molar-refractivity contribution in [3.8, 4) is 0 Å². The van der Waals surface area contributed by atoms with Gasteiger partial charge in [-0.15, -0.1) is 0 Å². The molecule has 1 unspecified atom stereocenters. The van der Waals surface area contributed by atoms with E-state index < -0.39 is 0 Å². The van der Waals surface area contributed by atoms with Crippen molar-refractivity contribution < 1.29 is 4.42 Å². The smallest absolute Gasteiger partial charge is 0.120 e. The fraction of sp³-hybridized carbons (Fsp3) is 0.556. The number of hydrogen-bond acceptors (Lipinski definition) is 3. The normalized spacial score (nSPS) is 13.2. The second kappa shape index (κ2) is 4.28. The van der Waals surface area contributed by atoms with Crippen molar-refractivity contribution in [2.45, 2.75) is 26.4 Å². The molecule has 3 N–H and O–H groups in total. The first kappa shape index (κ1) is 9.29. The Balaban J connectivity index is 2.38. The zero-order chi connectivity index (χ0) is 8.97. The van der Waals surface area contributed by atoms with Gasteiger partial charge in [0.25, 0.3) is 0 Å². The van der Waals surface area contributed by atoms with Gasteiger partial charge in [-0.3, -0.25) is 0 Å². The number of hydrogen-bond donors (Lipinski definition) is 2. The molecule has 3 nitrogen and oxygen atoms in total. The van der Waals surface area contributed by atoms with Crippen molar-refractivity contribution in [2.75, 3.05) is 6.54 Å². The maximum absolute atomic E-state index is 5.46. The molecule has 0 radical (unpaired) electrons. The number of rotatable bonds is 4. The highest BCUT2D eigenvalue weighted by Crippen LogP contribution is 2.07. The second-order valence-electron chi connectivity index (χ2n) is 3.04. The summed E-state index contributed by atoms with van der Waals surface area (Å²) in [5.74, 6) is 0.996. The van der Waals surface area contributed by atoms with Crippen LogP contribution in [0.4, 0.5) is 0 Å². The Bertz CT molecular complexity index is 232. The van der Waals surface area contributed by atoms with E-state index in [1.54, 1.807) is 6.26 Å². The molecule has 0 aliphatic carbocycles. The van der Waals surface area contributed by atoms with Crippen LogP contribution in [0.5, 0.6) is 0 Å². The molecular formula is C9H16N2O. The van der Waals surface area contributed by atoms with Crippen LogP contribution >= 0.6 is 0 Å². The quantitative estimate of drug-likeness (QED) is 0.706. The van der Waals surface area contributed by atoms with Gasteiger partial charge in [-0.2, -0.15) is 0 Å². The van der Waals surface area contributed by atoms with E-state index in [1.807, 2.05) is 13.0 Å². The van der Waals surface area contributed by atoms with Crippen molar-refractivity contribution in [3.05, 3.63) is 23.7 Å². The fourth-order valence-corrected chi connectivity index (χ4v) is 0.935. The SMILES string of the molecule is Cc1ccoc1CNC(C)CN. The molecule has 0 saturated heterocycles. The van der Waals surface area contributed by atoms with Gasteiger partial charge in [-0.1, -0.05) is 0 Å². The lowest BCUT2D eigenvalue weighted by molar-refractivity contribution is 0.455. The Kier molecular flexibility index (Phi) is 3.31. The van der Waals surface area contributed by atoms with E-state index in [0.717, 1.165) is 12.3 Å². The zero-order valence-corrected chi connectivity index (χ0v) is 7.63. The van der Waals surface area contributed by atoms with Gasteiger partial charge < -0.3 is 15.5 Å². The molecule has 1 aromatic heterocycles. The topological polar surface area (TPSA) is 51.2 Å². The third kappa shape index (κ3) is 2.36. The average Bonchev–Trinajstić information content (AvgIpc) is 2.47. The van der Waals surface area contributed by atoms with Crippen LogP contribution in [-0.2, 0) is 6.54 Å². The van der Waals surface area contributed by atoms with Gasteiger partial charge in [0.15, 0.2) is 0 Å². The summed E-state index contributed by atoms with van der Waals surface area (Å²) in [4.78, 5) is 0. The van der Waals surface area contributed by atoms with Crippen LogP contribution < -0.4 is 11.1 Å². The van der Waals surface area contributed by atoms with Gasteiger partial charge in [0.2, 0.25) is 0 Å². The first-order chi connectivity index (χ1) is 5.74. The largest absolute Gasteiger partial charge is 0.468 e. The van der Waals surface area contributed by atoms with E-state index in [-0.39, 0.29) is 0 Å². The van der Waals surface area contributed by atoms with Crippen LogP contribution in [0, 0.1) is 6.92 Å². The summed E-state index contributed by atoms with van der Waals surface area (Å²) in [6.45, 7) is 5.50. The van der Waals surface area contributed by atoms with Crippen molar-refractivity contribution in [3.63, 3.8) is 0 Å². The molecule has 0 saturated carbocycles. The monoisotopic (exact) mass is 168 g/mol. The molecular weight excluding hydrogens is 152 g/mol. The Morgan fingerprint density at radius 3 is 2.92 bits per heavy atom. The van der Waals surface area contributed by atoms with Crippen LogP contribution in [0.2, 0.25) is 0 Å². The van der Waals surface area contributed by atoms with Crippen LogP contribution in [0.3, 0.4) is 0 Å². The Morgan fingerprint density at radius 2 is 2.42 bits per heavy atom. The molecule has 0 aliphatic rings. The minimum Gasteiger partial charge on any atom is -0.468 e. The summed E-state index contributed by atoms with van der Waals surface area (Å²) in [7, 11) is 0. The summed E-state index contributed by atoms with van der Waals surface area (Å²) in [5.41, 5.74) is 6.64. The van der Waals surface area contributed by atoms with Crippen molar-refractivity contribution in [1.82, 2.24) is 5.32 Å². The van der Waals surface area contributed by atoms with E-state index in [9.17, 15) is 0 Å². The number of furan rings is 1. The van der Waals surface area contributed by atoms with Gasteiger partial charge >= 0.3 is 0 Å². The van der Waals surface area contributed by atoms with E-state index in [2.05, 4.69) is 12.2 Å². The molecule has 3 heteroatoms. The van der Waals surface area contributed by atoms with Gasteiger partial charge in [0, 0.05) is 12.6 Å². The van der Waals surface area contributed by atoms with Crippen LogP contribution in [0.1, 0.15) is 18.2 Å². The van der Waals surface area contributed by atoms with Gasteiger partial charge in [0.1, 0.15) is 5.76 Å². The number of aryl methyl sites for hydroxylation is 1. The van der Waals surface area contributed by atoms with E-state index in [1.165, 1.54) is 5.56 Å². The first-order valence-electron chi connectivity index (χ1n) is 4.20. The Hall–Kier alpha value is -0.800. The predicted molar refractivity (Wildman–Crippen MR) is 48.8 cm³/mol. The van der Waals surface area contributed by atoms with Crippen molar-refractivity contribution in [2.24, 2.45) is 5.73 Å². The lowest BCUT2D eigenvalue weighted by Gasteiger charge is -2.09. The van der Waals surface area contributed by atoms with E-state index in [4.69, 9.17) is 10.2 Å². The van der Waals surface area contributed by atoms with Gasteiger partial charge in [0.05, 0.1) is 12.8 Å². The molecule has 1 aromatic rings. The molecule has 0 amide bonds. The van der Waals surface area contributed by atoms with Crippen molar-refractivity contribution in [1.29, 1.82) is 0 Å². The Morgan fingerprint density at radius 1 is 1.67 bits per heavy atom.